The average molecular weight is 212 g/mol. The Hall–Kier alpha value is -1.71. The molecular formula is C11H10F2O2. The normalized spacial score (nSPS) is 9.80. The van der Waals surface area contributed by atoms with Crippen molar-refractivity contribution in [2.24, 2.45) is 0 Å². The summed E-state index contributed by atoms with van der Waals surface area (Å²) < 4.78 is 30.4. The zero-order valence-corrected chi connectivity index (χ0v) is 8.22. The lowest BCUT2D eigenvalue weighted by atomic mass is 10.2. The molecule has 0 fully saturated rings. The van der Waals surface area contributed by atoms with Crippen molar-refractivity contribution in [3.8, 4) is 0 Å². The number of rotatable bonds is 3. The number of ether oxygens (including phenoxy) is 1. The number of halogens is 2. The first kappa shape index (κ1) is 11.4. The lowest BCUT2D eigenvalue weighted by Gasteiger charge is -2.04. The van der Waals surface area contributed by atoms with Gasteiger partial charge in [0.25, 0.3) is 0 Å². The molecule has 0 unspecified atom stereocenters. The predicted octanol–water partition coefficient (Wildman–Crippen LogP) is 2.70. The van der Waals surface area contributed by atoms with Gasteiger partial charge in [0.15, 0.2) is 0 Å². The molecule has 0 aliphatic rings. The lowest BCUT2D eigenvalue weighted by molar-refractivity contribution is 0.0534. The van der Waals surface area contributed by atoms with Crippen LogP contribution in [0.5, 0.6) is 0 Å². The molecule has 0 bridgehead atoms. The Morgan fingerprint density at radius 1 is 1.47 bits per heavy atom. The molecule has 0 spiro atoms. The van der Waals surface area contributed by atoms with Gasteiger partial charge >= 0.3 is 5.97 Å². The van der Waals surface area contributed by atoms with Crippen LogP contribution in [0.15, 0.2) is 30.4 Å². The van der Waals surface area contributed by atoms with E-state index >= 15 is 0 Å². The fourth-order valence-corrected chi connectivity index (χ4v) is 0.920. The quantitative estimate of drug-likeness (QED) is 0.568. The van der Waals surface area contributed by atoms with E-state index in [1.54, 1.807) is 6.92 Å². The first-order chi connectivity index (χ1) is 7.00. The number of hydrogen-bond acceptors (Lipinski definition) is 2. The third kappa shape index (κ3) is 3.16. The Balaban J connectivity index is 2.81. The molecule has 4 heteroatoms. The van der Waals surface area contributed by atoms with Gasteiger partial charge in [-0.3, -0.25) is 0 Å². The van der Waals surface area contributed by atoms with Gasteiger partial charge < -0.3 is 4.74 Å². The standard InChI is InChI=1S/C11H10F2O2/c1-7(2)6-15-11(14)9-5-8(12)3-4-10(9)13/h3-5H,1,6H2,2H3. The predicted molar refractivity (Wildman–Crippen MR) is 51.5 cm³/mol. The van der Waals surface area contributed by atoms with E-state index in [1.165, 1.54) is 0 Å². The molecule has 0 heterocycles. The van der Waals surface area contributed by atoms with Gasteiger partial charge in [0.2, 0.25) is 0 Å². The van der Waals surface area contributed by atoms with Gasteiger partial charge in [-0.15, -0.1) is 0 Å². The van der Waals surface area contributed by atoms with Crippen LogP contribution in [0, 0.1) is 11.6 Å². The molecule has 15 heavy (non-hydrogen) atoms. The van der Waals surface area contributed by atoms with Crippen LogP contribution in [0.2, 0.25) is 0 Å². The zero-order valence-electron chi connectivity index (χ0n) is 8.22. The Kier molecular flexibility index (Phi) is 3.55. The van der Waals surface area contributed by atoms with Crippen LogP contribution in [0.4, 0.5) is 8.78 Å². The van der Waals surface area contributed by atoms with Crippen molar-refractivity contribution < 1.29 is 18.3 Å². The molecule has 0 saturated heterocycles. The van der Waals surface area contributed by atoms with E-state index in [-0.39, 0.29) is 6.61 Å². The van der Waals surface area contributed by atoms with Crippen molar-refractivity contribution in [1.29, 1.82) is 0 Å². The third-order valence-electron chi connectivity index (χ3n) is 1.60. The minimum absolute atomic E-state index is 0.00517. The second kappa shape index (κ2) is 4.68. The van der Waals surface area contributed by atoms with E-state index in [2.05, 4.69) is 11.3 Å². The van der Waals surface area contributed by atoms with Crippen LogP contribution < -0.4 is 0 Å². The van der Waals surface area contributed by atoms with Gasteiger partial charge in [0, 0.05) is 0 Å². The van der Waals surface area contributed by atoms with Gasteiger partial charge in [-0.05, 0) is 30.7 Å². The molecule has 1 aromatic carbocycles. The number of benzene rings is 1. The summed E-state index contributed by atoms with van der Waals surface area (Å²) in [6, 6.07) is 2.62. The second-order valence-electron chi connectivity index (χ2n) is 3.16. The van der Waals surface area contributed by atoms with E-state index in [0.29, 0.717) is 5.57 Å². The van der Waals surface area contributed by atoms with Gasteiger partial charge in [0.1, 0.15) is 18.2 Å². The Bertz CT molecular complexity index is 400. The summed E-state index contributed by atoms with van der Waals surface area (Å²) in [7, 11) is 0. The first-order valence-electron chi connectivity index (χ1n) is 4.27. The molecule has 0 saturated carbocycles. The fraction of sp³-hybridized carbons (Fsp3) is 0.182. The highest BCUT2D eigenvalue weighted by Crippen LogP contribution is 2.11. The maximum Gasteiger partial charge on any atom is 0.341 e. The molecule has 0 aliphatic carbocycles. The molecule has 0 N–H and O–H groups in total. The summed E-state index contributed by atoms with van der Waals surface area (Å²) in [6.45, 7) is 5.17. The molecule has 1 rings (SSSR count). The van der Waals surface area contributed by atoms with Crippen molar-refractivity contribution in [2.45, 2.75) is 6.92 Å². The zero-order chi connectivity index (χ0) is 11.4. The van der Waals surface area contributed by atoms with E-state index in [1.807, 2.05) is 0 Å². The maximum absolute atomic E-state index is 13.1. The SMILES string of the molecule is C=C(C)COC(=O)c1cc(F)ccc1F. The van der Waals surface area contributed by atoms with Crippen molar-refractivity contribution in [3.63, 3.8) is 0 Å². The molecule has 80 valence electrons. The fourth-order valence-electron chi connectivity index (χ4n) is 0.920. The average Bonchev–Trinajstić information content (AvgIpc) is 2.18. The topological polar surface area (TPSA) is 26.3 Å². The van der Waals surface area contributed by atoms with E-state index in [9.17, 15) is 13.6 Å². The summed E-state index contributed by atoms with van der Waals surface area (Å²) in [5.41, 5.74) is 0.219. The molecule has 1 aromatic rings. The van der Waals surface area contributed by atoms with Gasteiger partial charge in [-0.1, -0.05) is 6.58 Å². The highest BCUT2D eigenvalue weighted by molar-refractivity contribution is 5.89. The lowest BCUT2D eigenvalue weighted by Crippen LogP contribution is -2.09. The third-order valence-corrected chi connectivity index (χ3v) is 1.60. The molecule has 0 radical (unpaired) electrons. The van der Waals surface area contributed by atoms with Crippen LogP contribution in [0.1, 0.15) is 17.3 Å². The number of carbonyl (C=O) groups is 1. The van der Waals surface area contributed by atoms with Crippen molar-refractivity contribution in [2.75, 3.05) is 6.61 Å². The van der Waals surface area contributed by atoms with Gasteiger partial charge in [0.05, 0.1) is 5.56 Å². The smallest absolute Gasteiger partial charge is 0.341 e. The van der Waals surface area contributed by atoms with Crippen LogP contribution in [-0.2, 0) is 4.74 Å². The summed E-state index contributed by atoms with van der Waals surface area (Å²) in [4.78, 5) is 11.3. The molecule has 2 nitrogen and oxygen atoms in total. The molecule has 0 amide bonds. The van der Waals surface area contributed by atoms with Crippen LogP contribution >= 0.6 is 0 Å². The summed E-state index contributed by atoms with van der Waals surface area (Å²) in [6.07, 6.45) is 0. The summed E-state index contributed by atoms with van der Waals surface area (Å²) in [5.74, 6) is -2.38. The number of esters is 1. The molecule has 0 aromatic heterocycles. The Labute approximate surface area is 86.2 Å². The van der Waals surface area contributed by atoms with E-state index < -0.39 is 23.2 Å². The molecule has 0 atom stereocenters. The van der Waals surface area contributed by atoms with Crippen LogP contribution in [-0.4, -0.2) is 12.6 Å². The summed E-state index contributed by atoms with van der Waals surface area (Å²) in [5, 5.41) is 0. The van der Waals surface area contributed by atoms with E-state index in [4.69, 9.17) is 0 Å². The molecule has 0 aliphatic heterocycles. The highest BCUT2D eigenvalue weighted by atomic mass is 19.1. The van der Waals surface area contributed by atoms with Crippen molar-refractivity contribution >= 4 is 5.97 Å². The summed E-state index contributed by atoms with van der Waals surface area (Å²) >= 11 is 0. The molecular weight excluding hydrogens is 202 g/mol. The largest absolute Gasteiger partial charge is 0.458 e. The Morgan fingerprint density at radius 2 is 2.13 bits per heavy atom. The monoisotopic (exact) mass is 212 g/mol. The second-order valence-corrected chi connectivity index (χ2v) is 3.16. The van der Waals surface area contributed by atoms with Crippen LogP contribution in [0.3, 0.4) is 0 Å². The van der Waals surface area contributed by atoms with Gasteiger partial charge in [-0.25, -0.2) is 13.6 Å². The van der Waals surface area contributed by atoms with Crippen molar-refractivity contribution in [3.05, 3.63) is 47.5 Å². The van der Waals surface area contributed by atoms with Crippen LogP contribution in [0.25, 0.3) is 0 Å². The first-order valence-corrected chi connectivity index (χ1v) is 4.27. The maximum atomic E-state index is 13.1. The minimum atomic E-state index is -0.894. The van der Waals surface area contributed by atoms with E-state index in [0.717, 1.165) is 18.2 Å². The highest BCUT2D eigenvalue weighted by Gasteiger charge is 2.13. The van der Waals surface area contributed by atoms with Gasteiger partial charge in [-0.2, -0.15) is 0 Å². The minimum Gasteiger partial charge on any atom is -0.458 e. The number of carbonyl (C=O) groups excluding carboxylic acids is 1. The van der Waals surface area contributed by atoms with Crippen molar-refractivity contribution in [1.82, 2.24) is 0 Å². The number of hydrogen-bond donors (Lipinski definition) is 0. The Morgan fingerprint density at radius 3 is 2.73 bits per heavy atom.